The number of ketones is 1. The van der Waals surface area contributed by atoms with Gasteiger partial charge in [0, 0.05) is 30.4 Å². The van der Waals surface area contributed by atoms with Gasteiger partial charge in [0.2, 0.25) is 5.91 Å². The Kier molecular flexibility index (Phi) is 9.13. The van der Waals surface area contributed by atoms with E-state index in [-0.39, 0.29) is 24.5 Å². The predicted molar refractivity (Wildman–Crippen MR) is 158 cm³/mol. The van der Waals surface area contributed by atoms with Gasteiger partial charge in [0.25, 0.3) is 0 Å². The predicted octanol–water partition coefficient (Wildman–Crippen LogP) is 6.84. The van der Waals surface area contributed by atoms with Crippen LogP contribution in [0.25, 0.3) is 0 Å². The monoisotopic (exact) mass is 536 g/mol. The fourth-order valence-electron chi connectivity index (χ4n) is 4.25. The maximum absolute atomic E-state index is 13.3. The van der Waals surface area contributed by atoms with Crippen LogP contribution in [0.15, 0.2) is 78.9 Å². The molecule has 0 N–H and O–H groups in total. The summed E-state index contributed by atoms with van der Waals surface area (Å²) in [5, 5.41) is 9.78. The van der Waals surface area contributed by atoms with Crippen molar-refractivity contribution in [2.45, 2.75) is 50.3 Å². The van der Waals surface area contributed by atoms with Crippen LogP contribution in [0.3, 0.4) is 0 Å². The molecule has 1 atom stereocenters. The molecule has 4 nitrogen and oxygen atoms in total. The lowest BCUT2D eigenvalue weighted by molar-refractivity contribution is -0.120. The van der Waals surface area contributed by atoms with E-state index in [1.54, 1.807) is 4.90 Å². The molecule has 0 spiro atoms. The summed E-state index contributed by atoms with van der Waals surface area (Å²) in [5.74, 6) is 6.45. The lowest BCUT2D eigenvalue weighted by Crippen LogP contribution is -2.31. The lowest BCUT2D eigenvalue weighted by Gasteiger charge is -2.26. The van der Waals surface area contributed by atoms with Crippen LogP contribution < -0.4 is 4.90 Å². The zero-order chi connectivity index (χ0) is 27.0. The molecule has 1 amide bonds. The molecule has 4 rings (SSSR count). The maximum atomic E-state index is 13.3. The van der Waals surface area contributed by atoms with E-state index in [0.717, 1.165) is 27.9 Å². The van der Waals surface area contributed by atoms with E-state index in [1.165, 1.54) is 11.8 Å². The second-order valence-corrected chi connectivity index (χ2v) is 11.6. The van der Waals surface area contributed by atoms with Crippen LogP contribution in [-0.2, 0) is 16.1 Å². The summed E-state index contributed by atoms with van der Waals surface area (Å²) in [7, 11) is 0. The molecule has 38 heavy (non-hydrogen) atoms. The fourth-order valence-corrected chi connectivity index (χ4v) is 5.85. The number of thiocarbonyl (C=S) groups is 1. The van der Waals surface area contributed by atoms with Crippen LogP contribution in [0.1, 0.15) is 61.3 Å². The number of thioether (sulfide) groups is 1. The number of para-hydroxylation sites is 1. The van der Waals surface area contributed by atoms with Crippen molar-refractivity contribution in [1.29, 1.82) is 5.26 Å². The third-order valence-electron chi connectivity index (χ3n) is 6.46. The Balaban J connectivity index is 1.33. The molecule has 0 saturated heterocycles. The van der Waals surface area contributed by atoms with Gasteiger partial charge in [0.1, 0.15) is 10.5 Å². The maximum Gasteiger partial charge on any atom is 0.227 e. The van der Waals surface area contributed by atoms with Gasteiger partial charge in [0.15, 0.2) is 0 Å². The SMILES string of the molecule is CC(C#N)(CCC(=O)CCCC(=O)N1Cc2ccccc2C#Cc2ccccc21)SC(=S)c1ccccc1. The van der Waals surface area contributed by atoms with Gasteiger partial charge >= 0.3 is 0 Å². The van der Waals surface area contributed by atoms with Gasteiger partial charge in [-0.3, -0.25) is 9.59 Å². The number of benzene rings is 3. The van der Waals surface area contributed by atoms with E-state index < -0.39 is 4.75 Å². The molecular formula is C32H28N2O2S2. The summed E-state index contributed by atoms with van der Waals surface area (Å²) >= 11 is 6.85. The van der Waals surface area contributed by atoms with Crippen molar-refractivity contribution in [2.24, 2.45) is 0 Å². The summed E-state index contributed by atoms with van der Waals surface area (Å²) in [6.07, 6.45) is 1.70. The molecule has 0 bridgehead atoms. The summed E-state index contributed by atoms with van der Waals surface area (Å²) in [6.45, 7) is 2.26. The van der Waals surface area contributed by atoms with Gasteiger partial charge in [-0.15, -0.1) is 0 Å². The zero-order valence-electron chi connectivity index (χ0n) is 21.3. The Morgan fingerprint density at radius 3 is 2.37 bits per heavy atom. The van der Waals surface area contributed by atoms with E-state index in [4.69, 9.17) is 12.2 Å². The fraction of sp³-hybridized carbons (Fsp3) is 0.250. The van der Waals surface area contributed by atoms with Crippen molar-refractivity contribution >= 4 is 45.6 Å². The number of amides is 1. The number of fused-ring (bicyclic) bond motifs is 2. The number of nitrogens with zero attached hydrogens (tertiary/aromatic N) is 2. The van der Waals surface area contributed by atoms with Crippen LogP contribution in [0.5, 0.6) is 0 Å². The molecule has 1 aliphatic heterocycles. The molecular weight excluding hydrogens is 508 g/mol. The molecule has 1 heterocycles. The van der Waals surface area contributed by atoms with Crippen LogP contribution in [0, 0.1) is 23.2 Å². The van der Waals surface area contributed by atoms with Crippen molar-refractivity contribution in [3.63, 3.8) is 0 Å². The highest BCUT2D eigenvalue weighted by atomic mass is 32.2. The first-order valence-electron chi connectivity index (χ1n) is 12.6. The zero-order valence-corrected chi connectivity index (χ0v) is 22.9. The molecule has 0 fully saturated rings. The third kappa shape index (κ3) is 6.98. The second kappa shape index (κ2) is 12.7. The Morgan fingerprint density at radius 1 is 0.947 bits per heavy atom. The average molecular weight is 537 g/mol. The number of hydrogen-bond acceptors (Lipinski definition) is 5. The molecule has 0 aliphatic carbocycles. The average Bonchev–Trinajstić information content (AvgIpc) is 2.93. The largest absolute Gasteiger partial charge is 0.307 e. The van der Waals surface area contributed by atoms with Gasteiger partial charge in [-0.05, 0) is 49.1 Å². The first kappa shape index (κ1) is 27.3. The van der Waals surface area contributed by atoms with E-state index in [1.807, 2.05) is 85.8 Å². The van der Waals surface area contributed by atoms with E-state index in [9.17, 15) is 14.9 Å². The quantitative estimate of drug-likeness (QED) is 0.221. The topological polar surface area (TPSA) is 61.2 Å². The van der Waals surface area contributed by atoms with Crippen molar-refractivity contribution in [1.82, 2.24) is 0 Å². The molecule has 190 valence electrons. The minimum absolute atomic E-state index is 0.0330. The Morgan fingerprint density at radius 2 is 1.61 bits per heavy atom. The number of carbonyl (C=O) groups excluding carboxylic acids is 2. The van der Waals surface area contributed by atoms with Crippen molar-refractivity contribution < 1.29 is 9.59 Å². The van der Waals surface area contributed by atoms with Crippen molar-refractivity contribution in [2.75, 3.05) is 4.90 Å². The summed E-state index contributed by atoms with van der Waals surface area (Å²) in [4.78, 5) is 27.8. The molecule has 1 aliphatic rings. The first-order chi connectivity index (χ1) is 18.4. The number of carbonyl (C=O) groups is 2. The number of nitriles is 1. The van der Waals surface area contributed by atoms with Crippen molar-refractivity contribution in [3.8, 4) is 17.9 Å². The highest BCUT2D eigenvalue weighted by Crippen LogP contribution is 2.33. The van der Waals surface area contributed by atoms with Crippen LogP contribution >= 0.6 is 24.0 Å². The van der Waals surface area contributed by atoms with Gasteiger partial charge in [-0.25, -0.2) is 0 Å². The van der Waals surface area contributed by atoms with E-state index >= 15 is 0 Å². The molecule has 0 saturated carbocycles. The highest BCUT2D eigenvalue weighted by Gasteiger charge is 2.28. The van der Waals surface area contributed by atoms with Gasteiger partial charge in [-0.2, -0.15) is 5.26 Å². The lowest BCUT2D eigenvalue weighted by atomic mass is 10.0. The summed E-state index contributed by atoms with van der Waals surface area (Å²) < 4.78 is -0.145. The van der Waals surface area contributed by atoms with E-state index in [2.05, 4.69) is 17.9 Å². The molecule has 1 unspecified atom stereocenters. The van der Waals surface area contributed by atoms with Crippen LogP contribution in [0.2, 0.25) is 0 Å². The summed E-state index contributed by atoms with van der Waals surface area (Å²) in [5.41, 5.74) is 4.43. The Hall–Kier alpha value is -3.71. The molecule has 6 heteroatoms. The standard InChI is InChI=1S/C32H28N2O2S2/c1-32(23-33,38-31(37)26-12-3-2-4-13-26)21-20-28(35)15-9-17-30(36)34-22-27-14-6-5-10-24(27)18-19-25-11-7-8-16-29(25)34/h2-8,10-14,16H,9,15,17,20-22H2,1H3. The minimum Gasteiger partial charge on any atom is -0.307 e. The smallest absolute Gasteiger partial charge is 0.227 e. The normalized spacial score (nSPS) is 13.3. The number of Topliss-reactive ketones (excluding diaryl/α,β-unsaturated/α-hetero) is 1. The molecule has 3 aromatic carbocycles. The Labute approximate surface area is 234 Å². The number of rotatable bonds is 9. The third-order valence-corrected chi connectivity index (χ3v) is 8.12. The second-order valence-electron chi connectivity index (χ2n) is 9.39. The van der Waals surface area contributed by atoms with Gasteiger partial charge in [0.05, 0.1) is 22.5 Å². The molecule has 0 aromatic heterocycles. The van der Waals surface area contributed by atoms with Gasteiger partial charge < -0.3 is 4.90 Å². The number of anilines is 1. The highest BCUT2D eigenvalue weighted by molar-refractivity contribution is 8.24. The van der Waals surface area contributed by atoms with Crippen molar-refractivity contribution in [3.05, 3.63) is 101 Å². The van der Waals surface area contributed by atoms with Crippen LogP contribution in [0.4, 0.5) is 5.69 Å². The van der Waals surface area contributed by atoms with Gasteiger partial charge in [-0.1, -0.05) is 96.5 Å². The molecule has 0 radical (unpaired) electrons. The van der Waals surface area contributed by atoms with E-state index in [0.29, 0.717) is 30.0 Å². The summed E-state index contributed by atoms with van der Waals surface area (Å²) in [6, 6.07) is 27.5. The minimum atomic E-state index is -0.791. The number of hydrogen-bond donors (Lipinski definition) is 0. The molecule has 3 aromatic rings. The first-order valence-corrected chi connectivity index (χ1v) is 13.8. The van der Waals surface area contributed by atoms with Crippen LogP contribution in [-0.4, -0.2) is 20.6 Å². The Bertz CT molecular complexity index is 1450.